The Labute approximate surface area is 175 Å². The molecule has 0 bridgehead atoms. The molecule has 1 N–H and O–H groups in total. The number of amides is 1. The highest BCUT2D eigenvalue weighted by Gasteiger charge is 2.60. The van der Waals surface area contributed by atoms with Crippen LogP contribution in [-0.4, -0.2) is 42.1 Å². The summed E-state index contributed by atoms with van der Waals surface area (Å²) in [7, 11) is 0. The Kier molecular flexibility index (Phi) is 4.89. The molecule has 1 saturated carbocycles. The van der Waals surface area contributed by atoms with Gasteiger partial charge < -0.3 is 15.0 Å². The number of carbonyl (C=O) groups is 1. The van der Waals surface area contributed by atoms with Gasteiger partial charge in [0.05, 0.1) is 11.0 Å². The van der Waals surface area contributed by atoms with Crippen molar-refractivity contribution in [1.82, 2.24) is 10.2 Å². The maximum atomic E-state index is 13.5. The van der Waals surface area contributed by atoms with Crippen LogP contribution in [0.15, 0.2) is 18.2 Å². The minimum absolute atomic E-state index is 0.00434. The van der Waals surface area contributed by atoms with Crippen LogP contribution >= 0.6 is 0 Å². The van der Waals surface area contributed by atoms with Gasteiger partial charge in [-0.1, -0.05) is 13.0 Å². The van der Waals surface area contributed by atoms with Crippen LogP contribution in [0.2, 0.25) is 0 Å². The van der Waals surface area contributed by atoms with Crippen LogP contribution in [0.4, 0.5) is 13.2 Å². The second kappa shape index (κ2) is 7.23. The van der Waals surface area contributed by atoms with Crippen molar-refractivity contribution in [1.29, 1.82) is 0 Å². The van der Waals surface area contributed by atoms with Gasteiger partial charge in [-0.3, -0.25) is 4.79 Å². The third kappa shape index (κ3) is 3.25. The number of halogens is 3. The first kappa shape index (κ1) is 20.3. The predicted molar refractivity (Wildman–Crippen MR) is 106 cm³/mol. The summed E-state index contributed by atoms with van der Waals surface area (Å²) >= 11 is 0. The SMILES string of the molecule is CC1C2Cc3cc(C(F)(F)F)ccc3CN2C(=O)[C@]12CC[C@@H](NC1CCOCC1)C2. The lowest BCUT2D eigenvalue weighted by molar-refractivity contribution is -0.139. The predicted octanol–water partition coefficient (Wildman–Crippen LogP) is 3.92. The number of nitrogens with zero attached hydrogens (tertiary/aromatic N) is 1. The van der Waals surface area contributed by atoms with E-state index in [0.717, 1.165) is 62.5 Å². The van der Waals surface area contributed by atoms with Crippen LogP contribution in [0.5, 0.6) is 0 Å². The van der Waals surface area contributed by atoms with Crippen molar-refractivity contribution in [3.63, 3.8) is 0 Å². The highest BCUT2D eigenvalue weighted by atomic mass is 19.4. The molecule has 1 aromatic carbocycles. The molecule has 1 aromatic rings. The van der Waals surface area contributed by atoms with Crippen molar-refractivity contribution in [2.45, 2.75) is 76.3 Å². The zero-order valence-corrected chi connectivity index (χ0v) is 17.3. The van der Waals surface area contributed by atoms with Gasteiger partial charge in [0, 0.05) is 37.9 Å². The molecule has 4 atom stereocenters. The van der Waals surface area contributed by atoms with Crippen molar-refractivity contribution in [3.05, 3.63) is 34.9 Å². The molecule has 3 heterocycles. The summed E-state index contributed by atoms with van der Waals surface area (Å²) in [5.41, 5.74) is 0.634. The number of fused-ring (bicyclic) bond motifs is 2. The minimum atomic E-state index is -4.33. The van der Waals surface area contributed by atoms with Gasteiger partial charge in [0.2, 0.25) is 5.91 Å². The van der Waals surface area contributed by atoms with Crippen LogP contribution in [0.1, 0.15) is 55.7 Å². The van der Waals surface area contributed by atoms with Gasteiger partial charge in [-0.2, -0.15) is 13.2 Å². The number of hydrogen-bond donors (Lipinski definition) is 1. The van der Waals surface area contributed by atoms with Crippen molar-refractivity contribution in [3.8, 4) is 0 Å². The van der Waals surface area contributed by atoms with E-state index in [4.69, 9.17) is 4.74 Å². The molecule has 0 aromatic heterocycles. The highest BCUT2D eigenvalue weighted by Crippen LogP contribution is 2.54. The lowest BCUT2D eigenvalue weighted by Gasteiger charge is -2.33. The average molecular weight is 422 g/mol. The van der Waals surface area contributed by atoms with Crippen LogP contribution in [0.3, 0.4) is 0 Å². The van der Waals surface area contributed by atoms with Crippen molar-refractivity contribution in [2.75, 3.05) is 13.2 Å². The van der Waals surface area contributed by atoms with E-state index in [-0.39, 0.29) is 23.3 Å². The summed E-state index contributed by atoms with van der Waals surface area (Å²) in [5, 5.41) is 3.76. The van der Waals surface area contributed by atoms with Crippen LogP contribution in [0, 0.1) is 11.3 Å². The topological polar surface area (TPSA) is 41.6 Å². The molecule has 164 valence electrons. The molecular weight excluding hydrogens is 393 g/mol. The molecule has 0 radical (unpaired) electrons. The van der Waals surface area contributed by atoms with Crippen LogP contribution < -0.4 is 5.32 Å². The molecule has 4 nitrogen and oxygen atoms in total. The lowest BCUT2D eigenvalue weighted by Crippen LogP contribution is -2.42. The van der Waals surface area contributed by atoms with Crippen LogP contribution in [0.25, 0.3) is 0 Å². The zero-order chi connectivity index (χ0) is 21.1. The molecule has 7 heteroatoms. The van der Waals surface area contributed by atoms with Gasteiger partial charge in [-0.15, -0.1) is 0 Å². The Morgan fingerprint density at radius 1 is 1.13 bits per heavy atom. The number of carbonyl (C=O) groups excluding carboxylic acids is 1. The second-order valence-electron chi connectivity index (χ2n) is 9.62. The lowest BCUT2D eigenvalue weighted by atomic mass is 9.73. The molecular formula is C23H29F3N2O2. The summed E-state index contributed by atoms with van der Waals surface area (Å²) in [6.07, 6.45) is 0.897. The normalized spacial score (nSPS) is 34.5. The van der Waals surface area contributed by atoms with E-state index in [0.29, 0.717) is 25.0 Å². The van der Waals surface area contributed by atoms with E-state index in [2.05, 4.69) is 12.2 Å². The maximum absolute atomic E-state index is 13.5. The van der Waals surface area contributed by atoms with E-state index < -0.39 is 11.7 Å². The van der Waals surface area contributed by atoms with Gasteiger partial charge in [-0.25, -0.2) is 0 Å². The second-order valence-corrected chi connectivity index (χ2v) is 9.62. The third-order valence-electron chi connectivity index (χ3n) is 8.08. The number of alkyl halides is 3. The number of ether oxygens (including phenoxy) is 1. The molecule has 4 aliphatic rings. The first-order chi connectivity index (χ1) is 14.3. The number of hydrogen-bond acceptors (Lipinski definition) is 3. The van der Waals surface area contributed by atoms with Gasteiger partial charge in [0.1, 0.15) is 0 Å². The van der Waals surface area contributed by atoms with Crippen molar-refractivity contribution < 1.29 is 22.7 Å². The molecule has 1 spiro atoms. The largest absolute Gasteiger partial charge is 0.416 e. The highest BCUT2D eigenvalue weighted by molar-refractivity contribution is 5.87. The van der Waals surface area contributed by atoms with Crippen LogP contribution in [-0.2, 0) is 28.7 Å². The van der Waals surface area contributed by atoms with Crippen molar-refractivity contribution in [2.24, 2.45) is 11.3 Å². The summed E-state index contributed by atoms with van der Waals surface area (Å²) < 4.78 is 44.9. The Morgan fingerprint density at radius 2 is 1.90 bits per heavy atom. The summed E-state index contributed by atoms with van der Waals surface area (Å²) in [5.74, 6) is 0.357. The number of rotatable bonds is 2. The van der Waals surface area contributed by atoms with Gasteiger partial charge >= 0.3 is 6.18 Å². The molecule has 1 aliphatic carbocycles. The average Bonchev–Trinajstić information content (AvgIpc) is 3.23. The maximum Gasteiger partial charge on any atom is 0.416 e. The fourth-order valence-corrected chi connectivity index (χ4v) is 6.32. The van der Waals surface area contributed by atoms with Gasteiger partial charge in [0.15, 0.2) is 0 Å². The van der Waals surface area contributed by atoms with Gasteiger partial charge in [0.25, 0.3) is 0 Å². The van der Waals surface area contributed by atoms with E-state index in [1.807, 2.05) is 4.90 Å². The van der Waals surface area contributed by atoms with E-state index >= 15 is 0 Å². The third-order valence-corrected chi connectivity index (χ3v) is 8.08. The smallest absolute Gasteiger partial charge is 0.381 e. The Bertz CT molecular complexity index is 836. The standard InChI is InChI=1S/C23H29F3N2O2/c1-14-20-11-16-10-17(23(24,25)26)3-2-15(16)13-28(20)21(29)22(14)7-4-19(12-22)27-18-5-8-30-9-6-18/h2-3,10,14,18-20,27H,4-9,11-13H2,1H3/t14?,19-,20?,22+/m1/s1. The molecule has 1 amide bonds. The minimum Gasteiger partial charge on any atom is -0.381 e. The van der Waals surface area contributed by atoms with E-state index in [1.54, 1.807) is 6.07 Å². The van der Waals surface area contributed by atoms with Gasteiger partial charge in [-0.05, 0) is 67.7 Å². The number of benzene rings is 1. The first-order valence-corrected chi connectivity index (χ1v) is 11.1. The van der Waals surface area contributed by atoms with E-state index in [1.165, 1.54) is 6.07 Å². The number of nitrogens with one attached hydrogen (secondary N) is 1. The fraction of sp³-hybridized carbons (Fsp3) is 0.696. The summed E-state index contributed by atoms with van der Waals surface area (Å²) in [4.78, 5) is 15.5. The quantitative estimate of drug-likeness (QED) is 0.786. The molecule has 2 saturated heterocycles. The molecule has 30 heavy (non-hydrogen) atoms. The Hall–Kier alpha value is -1.60. The summed E-state index contributed by atoms with van der Waals surface area (Å²) in [6, 6.07) is 4.77. The molecule has 3 aliphatic heterocycles. The summed E-state index contributed by atoms with van der Waals surface area (Å²) in [6.45, 7) is 4.15. The van der Waals surface area contributed by atoms with Crippen molar-refractivity contribution >= 4 is 5.91 Å². The Morgan fingerprint density at radius 3 is 2.63 bits per heavy atom. The first-order valence-electron chi connectivity index (χ1n) is 11.1. The molecule has 5 rings (SSSR count). The molecule has 3 fully saturated rings. The Balaban J connectivity index is 1.34. The van der Waals surface area contributed by atoms with E-state index in [9.17, 15) is 18.0 Å². The molecule has 2 unspecified atom stereocenters. The zero-order valence-electron chi connectivity index (χ0n) is 17.3. The fourth-order valence-electron chi connectivity index (χ4n) is 6.32. The monoisotopic (exact) mass is 422 g/mol.